The van der Waals surface area contributed by atoms with Crippen LogP contribution in [0.5, 0.6) is 0 Å². The van der Waals surface area contributed by atoms with Gasteiger partial charge in [0.05, 0.1) is 6.42 Å². The highest BCUT2D eigenvalue weighted by molar-refractivity contribution is 5.74. The van der Waals surface area contributed by atoms with Gasteiger partial charge in [0.1, 0.15) is 6.10 Å². The van der Waals surface area contributed by atoms with Crippen LogP contribution in [-0.2, 0) is 9.53 Å². The molecule has 2 heteroatoms. The minimum absolute atomic E-state index is 0.0360. The summed E-state index contributed by atoms with van der Waals surface area (Å²) in [6, 6.07) is 0. The fourth-order valence-corrected chi connectivity index (χ4v) is 2.62. The van der Waals surface area contributed by atoms with Crippen LogP contribution < -0.4 is 0 Å². The first-order valence-electron chi connectivity index (χ1n) is 6.89. The van der Waals surface area contributed by atoms with Crippen molar-refractivity contribution in [1.29, 1.82) is 0 Å². The molecule has 2 aliphatic rings. The summed E-state index contributed by atoms with van der Waals surface area (Å²) in [5.41, 5.74) is 1.32. The van der Waals surface area contributed by atoms with Gasteiger partial charge in [-0.1, -0.05) is 44.8 Å². The van der Waals surface area contributed by atoms with Gasteiger partial charge >= 0.3 is 5.97 Å². The van der Waals surface area contributed by atoms with E-state index in [-0.39, 0.29) is 12.1 Å². The molecular formula is C15H22O2. The lowest BCUT2D eigenvalue weighted by Gasteiger charge is -2.07. The molecule has 2 atom stereocenters. The third kappa shape index (κ3) is 3.21. The van der Waals surface area contributed by atoms with Crippen LogP contribution in [0.2, 0.25) is 0 Å². The zero-order valence-corrected chi connectivity index (χ0v) is 10.7. The topological polar surface area (TPSA) is 26.3 Å². The Bertz CT molecular complexity index is 328. The number of allylic oxidation sites excluding steroid dienone is 2. The molecule has 0 aromatic heterocycles. The molecule has 0 spiro atoms. The Labute approximate surface area is 104 Å². The van der Waals surface area contributed by atoms with Gasteiger partial charge in [-0.3, -0.25) is 4.79 Å². The zero-order valence-electron chi connectivity index (χ0n) is 10.7. The van der Waals surface area contributed by atoms with Crippen LogP contribution in [0.15, 0.2) is 23.8 Å². The number of hydrogen-bond acceptors (Lipinski definition) is 2. The molecule has 1 fully saturated rings. The van der Waals surface area contributed by atoms with Crippen LogP contribution in [0.3, 0.4) is 0 Å². The van der Waals surface area contributed by atoms with Crippen molar-refractivity contribution < 1.29 is 9.53 Å². The molecule has 2 rings (SSSR count). The summed E-state index contributed by atoms with van der Waals surface area (Å²) in [7, 11) is 0. The number of hydrogen-bond donors (Lipinski definition) is 0. The summed E-state index contributed by atoms with van der Waals surface area (Å²) in [6.45, 7) is 2.24. The van der Waals surface area contributed by atoms with E-state index in [0.29, 0.717) is 12.3 Å². The van der Waals surface area contributed by atoms with Gasteiger partial charge in [-0.05, 0) is 24.5 Å². The third-order valence-electron chi connectivity index (χ3n) is 3.64. The summed E-state index contributed by atoms with van der Waals surface area (Å²) in [4.78, 5) is 11.2. The second-order valence-electron chi connectivity index (χ2n) is 5.03. The van der Waals surface area contributed by atoms with Gasteiger partial charge < -0.3 is 4.74 Å². The van der Waals surface area contributed by atoms with E-state index in [9.17, 15) is 4.79 Å². The molecule has 2 nitrogen and oxygen atoms in total. The van der Waals surface area contributed by atoms with Gasteiger partial charge in [0, 0.05) is 5.92 Å². The maximum atomic E-state index is 11.2. The lowest BCUT2D eigenvalue weighted by molar-refractivity contribution is -0.139. The Morgan fingerprint density at radius 3 is 3.00 bits per heavy atom. The van der Waals surface area contributed by atoms with E-state index in [2.05, 4.69) is 19.1 Å². The molecule has 0 saturated carbocycles. The van der Waals surface area contributed by atoms with Crippen molar-refractivity contribution >= 4 is 5.97 Å². The zero-order chi connectivity index (χ0) is 12.1. The third-order valence-corrected chi connectivity index (χ3v) is 3.64. The minimum Gasteiger partial charge on any atom is -0.457 e. The molecule has 0 bridgehead atoms. The van der Waals surface area contributed by atoms with E-state index in [0.717, 1.165) is 6.42 Å². The first kappa shape index (κ1) is 12.4. The van der Waals surface area contributed by atoms with Crippen molar-refractivity contribution in [3.05, 3.63) is 23.8 Å². The van der Waals surface area contributed by atoms with Gasteiger partial charge in [-0.25, -0.2) is 0 Å². The lowest BCUT2D eigenvalue weighted by Crippen LogP contribution is -2.08. The lowest BCUT2D eigenvalue weighted by atomic mass is 9.97. The Hall–Kier alpha value is -1.05. The molecule has 1 saturated heterocycles. The van der Waals surface area contributed by atoms with Gasteiger partial charge in [0.2, 0.25) is 0 Å². The van der Waals surface area contributed by atoms with Crippen LogP contribution >= 0.6 is 0 Å². The Kier molecular flexibility index (Phi) is 4.41. The Morgan fingerprint density at radius 2 is 2.18 bits per heavy atom. The molecule has 0 aromatic carbocycles. The minimum atomic E-state index is -0.0433. The predicted molar refractivity (Wildman–Crippen MR) is 68.6 cm³/mol. The highest BCUT2D eigenvalue weighted by Crippen LogP contribution is 2.35. The predicted octanol–water partition coefficient (Wildman–Crippen LogP) is 3.77. The van der Waals surface area contributed by atoms with Gasteiger partial charge in [-0.2, -0.15) is 0 Å². The molecule has 1 aliphatic carbocycles. The van der Waals surface area contributed by atoms with Crippen molar-refractivity contribution in [3.8, 4) is 0 Å². The molecule has 0 amide bonds. The summed E-state index contributed by atoms with van der Waals surface area (Å²) in [6.07, 6.45) is 14.8. The van der Waals surface area contributed by atoms with Gasteiger partial charge in [-0.15, -0.1) is 0 Å². The number of ether oxygens (including phenoxy) is 1. The van der Waals surface area contributed by atoms with E-state index in [1.165, 1.54) is 37.7 Å². The largest absolute Gasteiger partial charge is 0.457 e. The molecule has 0 aromatic rings. The highest BCUT2D eigenvalue weighted by atomic mass is 16.5. The van der Waals surface area contributed by atoms with E-state index in [4.69, 9.17) is 4.74 Å². The average molecular weight is 234 g/mol. The Morgan fingerprint density at radius 1 is 1.35 bits per heavy atom. The first-order valence-corrected chi connectivity index (χ1v) is 6.89. The molecule has 1 heterocycles. The molecule has 17 heavy (non-hydrogen) atoms. The summed E-state index contributed by atoms with van der Waals surface area (Å²) in [5, 5.41) is 0. The second kappa shape index (κ2) is 6.04. The molecule has 1 aliphatic heterocycles. The molecule has 94 valence electrons. The van der Waals surface area contributed by atoms with Crippen molar-refractivity contribution in [1.82, 2.24) is 0 Å². The smallest absolute Gasteiger partial charge is 0.307 e. The number of rotatable bonds is 6. The van der Waals surface area contributed by atoms with E-state index < -0.39 is 0 Å². The number of esters is 1. The fourth-order valence-electron chi connectivity index (χ4n) is 2.62. The van der Waals surface area contributed by atoms with Crippen LogP contribution in [0.25, 0.3) is 0 Å². The molecular weight excluding hydrogens is 212 g/mol. The number of fused-ring (bicyclic) bond motifs is 1. The van der Waals surface area contributed by atoms with Crippen LogP contribution in [-0.4, -0.2) is 12.1 Å². The highest BCUT2D eigenvalue weighted by Gasteiger charge is 2.37. The SMILES string of the molecule is CCCCCCCC=C1C=CC2OC(=O)CC12. The number of unbranched alkanes of at least 4 members (excludes halogenated alkanes) is 5. The van der Waals surface area contributed by atoms with E-state index in [1.807, 2.05) is 6.08 Å². The normalized spacial score (nSPS) is 28.8. The molecule has 0 radical (unpaired) electrons. The second-order valence-corrected chi connectivity index (χ2v) is 5.03. The van der Waals surface area contributed by atoms with Gasteiger partial charge in [0.25, 0.3) is 0 Å². The van der Waals surface area contributed by atoms with Crippen LogP contribution in [0.4, 0.5) is 0 Å². The summed E-state index contributed by atoms with van der Waals surface area (Å²) in [5.74, 6) is 0.274. The van der Waals surface area contributed by atoms with E-state index >= 15 is 0 Å². The summed E-state index contributed by atoms with van der Waals surface area (Å²) >= 11 is 0. The van der Waals surface area contributed by atoms with Crippen LogP contribution in [0.1, 0.15) is 51.9 Å². The number of carbonyl (C=O) groups excluding carboxylic acids is 1. The maximum absolute atomic E-state index is 11.2. The molecule has 0 N–H and O–H groups in total. The Balaban J connectivity index is 1.71. The monoisotopic (exact) mass is 234 g/mol. The number of carbonyl (C=O) groups is 1. The quantitative estimate of drug-likeness (QED) is 0.516. The van der Waals surface area contributed by atoms with Crippen molar-refractivity contribution in [3.63, 3.8) is 0 Å². The van der Waals surface area contributed by atoms with Crippen molar-refractivity contribution in [2.75, 3.05) is 0 Å². The maximum Gasteiger partial charge on any atom is 0.307 e. The van der Waals surface area contributed by atoms with Crippen LogP contribution in [0, 0.1) is 5.92 Å². The average Bonchev–Trinajstić information content (AvgIpc) is 2.83. The fraction of sp³-hybridized carbons (Fsp3) is 0.667. The van der Waals surface area contributed by atoms with Crippen molar-refractivity contribution in [2.24, 2.45) is 5.92 Å². The van der Waals surface area contributed by atoms with Gasteiger partial charge in [0.15, 0.2) is 0 Å². The standard InChI is InChI=1S/C15H22O2/c1-2-3-4-5-6-7-8-12-9-10-14-13(12)11-15(16)17-14/h8-10,13-14H,2-7,11H2,1H3. The van der Waals surface area contributed by atoms with E-state index in [1.54, 1.807) is 0 Å². The van der Waals surface area contributed by atoms with Crippen molar-refractivity contribution in [2.45, 2.75) is 58.0 Å². The summed E-state index contributed by atoms with van der Waals surface area (Å²) < 4.78 is 5.21. The first-order chi connectivity index (χ1) is 8.31. The molecule has 2 unspecified atom stereocenters.